The third-order valence-electron chi connectivity index (χ3n) is 5.54. The van der Waals surface area contributed by atoms with Crippen LogP contribution in [0, 0.1) is 0 Å². The minimum atomic E-state index is 0. The molecule has 4 rings (SSSR count). The van der Waals surface area contributed by atoms with Crippen molar-refractivity contribution in [1.82, 2.24) is 15.6 Å². The fourth-order valence-electron chi connectivity index (χ4n) is 4.02. The molecule has 0 radical (unpaired) electrons. The van der Waals surface area contributed by atoms with Gasteiger partial charge in [-0.2, -0.15) is 0 Å². The molecule has 0 amide bonds. The number of hydrogen-bond donors (Lipinski definition) is 2. The zero-order valence-electron chi connectivity index (χ0n) is 18.8. The van der Waals surface area contributed by atoms with E-state index in [0.29, 0.717) is 37.3 Å². The van der Waals surface area contributed by atoms with Crippen LogP contribution >= 0.6 is 24.0 Å². The van der Waals surface area contributed by atoms with Crippen molar-refractivity contribution < 1.29 is 14.2 Å². The highest BCUT2D eigenvalue weighted by Gasteiger charge is 2.41. The van der Waals surface area contributed by atoms with Crippen molar-refractivity contribution in [3.05, 3.63) is 48.2 Å². The maximum atomic E-state index is 6.04. The van der Waals surface area contributed by atoms with Crippen molar-refractivity contribution in [1.29, 1.82) is 0 Å². The normalized spacial score (nSPS) is 21.7. The molecule has 3 unspecified atom stereocenters. The Hall–Kier alpha value is -2.07. The number of fused-ring (bicyclic) bond motifs is 2. The van der Waals surface area contributed by atoms with Gasteiger partial charge in [-0.1, -0.05) is 13.0 Å². The van der Waals surface area contributed by atoms with Crippen molar-refractivity contribution in [2.75, 3.05) is 13.2 Å². The summed E-state index contributed by atoms with van der Waals surface area (Å²) in [6.45, 7) is 6.14. The van der Waals surface area contributed by atoms with Gasteiger partial charge in [-0.3, -0.25) is 0 Å². The first-order valence-electron chi connectivity index (χ1n) is 11.3. The van der Waals surface area contributed by atoms with Gasteiger partial charge in [-0.25, -0.2) is 9.98 Å². The number of aliphatic imine (C=N–C) groups is 1. The molecule has 0 spiro atoms. The van der Waals surface area contributed by atoms with Gasteiger partial charge >= 0.3 is 0 Å². The molecule has 3 atom stereocenters. The number of nitrogens with zero attached hydrogens (tertiary/aromatic N) is 2. The lowest BCUT2D eigenvalue weighted by molar-refractivity contribution is 0.0992. The Morgan fingerprint density at radius 1 is 1.16 bits per heavy atom. The Labute approximate surface area is 207 Å². The minimum absolute atomic E-state index is 0. The van der Waals surface area contributed by atoms with E-state index < -0.39 is 0 Å². The number of halogens is 1. The van der Waals surface area contributed by atoms with Gasteiger partial charge in [0.25, 0.3) is 0 Å². The van der Waals surface area contributed by atoms with E-state index in [1.807, 2.05) is 36.4 Å². The summed E-state index contributed by atoms with van der Waals surface area (Å²) in [7, 11) is 0. The fraction of sp³-hybridized carbons (Fsp3) is 0.500. The highest BCUT2D eigenvalue weighted by molar-refractivity contribution is 14.0. The van der Waals surface area contributed by atoms with Gasteiger partial charge in [0, 0.05) is 18.3 Å². The quantitative estimate of drug-likeness (QED) is 0.268. The van der Waals surface area contributed by atoms with E-state index in [1.54, 1.807) is 6.20 Å². The van der Waals surface area contributed by atoms with Gasteiger partial charge in [0.15, 0.2) is 5.96 Å². The average molecular weight is 552 g/mol. The molecule has 174 valence electrons. The van der Waals surface area contributed by atoms with Crippen molar-refractivity contribution in [2.24, 2.45) is 4.99 Å². The summed E-state index contributed by atoms with van der Waals surface area (Å²) in [6.07, 6.45) is 6.78. The molecule has 2 bridgehead atoms. The second kappa shape index (κ2) is 12.2. The van der Waals surface area contributed by atoms with E-state index in [-0.39, 0.29) is 24.0 Å². The molecule has 1 aromatic heterocycles. The molecule has 0 aliphatic carbocycles. The number of ether oxygens (including phenoxy) is 3. The van der Waals surface area contributed by atoms with Crippen LogP contribution in [0.5, 0.6) is 17.4 Å². The molecule has 1 aromatic carbocycles. The summed E-state index contributed by atoms with van der Waals surface area (Å²) >= 11 is 0. The molecular weight excluding hydrogens is 519 g/mol. The van der Waals surface area contributed by atoms with Crippen LogP contribution in [0.2, 0.25) is 0 Å². The molecule has 0 saturated carbocycles. The van der Waals surface area contributed by atoms with Crippen molar-refractivity contribution >= 4 is 29.9 Å². The number of rotatable bonds is 9. The molecule has 2 N–H and O–H groups in total. The smallest absolute Gasteiger partial charge is 0.224 e. The second-order valence-corrected chi connectivity index (χ2v) is 7.95. The maximum absolute atomic E-state index is 6.04. The largest absolute Gasteiger partial charge is 0.494 e. The lowest BCUT2D eigenvalue weighted by Gasteiger charge is -2.22. The van der Waals surface area contributed by atoms with Crippen LogP contribution < -0.4 is 20.1 Å². The molecule has 2 aromatic rings. The monoisotopic (exact) mass is 552 g/mol. The third-order valence-corrected chi connectivity index (χ3v) is 5.54. The van der Waals surface area contributed by atoms with E-state index >= 15 is 0 Å². The number of benzene rings is 1. The van der Waals surface area contributed by atoms with Gasteiger partial charge in [-0.15, -0.1) is 24.0 Å². The highest BCUT2D eigenvalue weighted by atomic mass is 127. The Balaban J connectivity index is 0.00000289. The summed E-state index contributed by atoms with van der Waals surface area (Å²) < 4.78 is 17.6. The van der Waals surface area contributed by atoms with E-state index in [9.17, 15) is 0 Å². The average Bonchev–Trinajstić information content (AvgIpc) is 3.41. The predicted octanol–water partition coefficient (Wildman–Crippen LogP) is 4.66. The van der Waals surface area contributed by atoms with Gasteiger partial charge in [0.2, 0.25) is 5.88 Å². The molecule has 7 nitrogen and oxygen atoms in total. The lowest BCUT2D eigenvalue weighted by Crippen LogP contribution is -2.47. The molecule has 2 aliphatic rings. The number of guanidine groups is 1. The van der Waals surface area contributed by atoms with Gasteiger partial charge in [-0.05, 0) is 62.9 Å². The molecule has 2 aliphatic heterocycles. The van der Waals surface area contributed by atoms with Crippen molar-refractivity contribution in [3.63, 3.8) is 0 Å². The first-order valence-corrected chi connectivity index (χ1v) is 11.3. The van der Waals surface area contributed by atoms with Crippen LogP contribution in [0.3, 0.4) is 0 Å². The SMILES string of the molecule is CCCOc1ccc(Oc2ncccc2CN=C(NCC)NC2CC3CCC2O3)cc1.I. The van der Waals surface area contributed by atoms with E-state index in [2.05, 4.69) is 29.5 Å². The van der Waals surface area contributed by atoms with Crippen LogP contribution in [0.15, 0.2) is 47.6 Å². The van der Waals surface area contributed by atoms with E-state index in [0.717, 1.165) is 48.8 Å². The van der Waals surface area contributed by atoms with Crippen LogP contribution in [-0.4, -0.2) is 42.3 Å². The predicted molar refractivity (Wildman–Crippen MR) is 136 cm³/mol. The summed E-state index contributed by atoms with van der Waals surface area (Å²) in [4.78, 5) is 9.20. The molecule has 3 heterocycles. The van der Waals surface area contributed by atoms with Crippen LogP contribution in [-0.2, 0) is 11.3 Å². The van der Waals surface area contributed by atoms with E-state index in [4.69, 9.17) is 19.2 Å². The standard InChI is InChI=1S/C24H32N4O3.HI/c1-3-14-29-18-7-9-19(10-8-18)31-23-17(6-5-13-26-23)16-27-24(25-4-2)28-21-15-20-11-12-22(21)30-20;/h5-10,13,20-22H,3-4,11-12,14-16H2,1-2H3,(H2,25,27,28);1H. The number of nitrogens with one attached hydrogen (secondary N) is 2. The topological polar surface area (TPSA) is 77.0 Å². The molecular formula is C24H33IN4O3. The fourth-order valence-corrected chi connectivity index (χ4v) is 4.02. The van der Waals surface area contributed by atoms with Crippen molar-refractivity contribution in [2.45, 2.75) is 64.3 Å². The van der Waals surface area contributed by atoms with Gasteiger partial charge in [0.1, 0.15) is 11.5 Å². The summed E-state index contributed by atoms with van der Waals surface area (Å²) in [5.41, 5.74) is 0.926. The van der Waals surface area contributed by atoms with Crippen LogP contribution in [0.1, 0.15) is 45.1 Å². The minimum Gasteiger partial charge on any atom is -0.494 e. The van der Waals surface area contributed by atoms with Gasteiger partial charge < -0.3 is 24.8 Å². The molecule has 32 heavy (non-hydrogen) atoms. The Morgan fingerprint density at radius 2 is 1.97 bits per heavy atom. The first-order chi connectivity index (χ1) is 15.2. The third kappa shape index (κ3) is 6.48. The summed E-state index contributed by atoms with van der Waals surface area (Å²) in [6, 6.07) is 11.8. The van der Waals surface area contributed by atoms with Crippen molar-refractivity contribution in [3.8, 4) is 17.4 Å². The zero-order valence-corrected chi connectivity index (χ0v) is 21.1. The van der Waals surface area contributed by atoms with Crippen LogP contribution in [0.4, 0.5) is 0 Å². The lowest BCUT2D eigenvalue weighted by atomic mass is 9.96. The molecule has 2 saturated heterocycles. The number of pyridine rings is 1. The maximum Gasteiger partial charge on any atom is 0.224 e. The zero-order chi connectivity index (χ0) is 21.5. The second-order valence-electron chi connectivity index (χ2n) is 7.95. The number of aromatic nitrogens is 1. The Bertz CT molecular complexity index is 878. The van der Waals surface area contributed by atoms with Gasteiger partial charge in [0.05, 0.1) is 31.4 Å². The first kappa shape index (κ1) is 24.6. The highest BCUT2D eigenvalue weighted by Crippen LogP contribution is 2.34. The molecule has 2 fully saturated rings. The van der Waals surface area contributed by atoms with E-state index in [1.165, 1.54) is 6.42 Å². The summed E-state index contributed by atoms with van der Waals surface area (Å²) in [5.74, 6) is 2.92. The number of hydrogen-bond acceptors (Lipinski definition) is 5. The summed E-state index contributed by atoms with van der Waals surface area (Å²) in [5, 5.41) is 6.89. The van der Waals surface area contributed by atoms with Crippen LogP contribution in [0.25, 0.3) is 0 Å². The Kier molecular flexibility index (Phi) is 9.40. The molecule has 8 heteroatoms. The Morgan fingerprint density at radius 3 is 2.66 bits per heavy atom.